The van der Waals surface area contributed by atoms with Gasteiger partial charge in [0.05, 0.1) is 5.39 Å². The first kappa shape index (κ1) is 15.0. The molecule has 0 aliphatic rings. The van der Waals surface area contributed by atoms with E-state index in [-0.39, 0.29) is 0 Å². The lowest BCUT2D eigenvalue weighted by molar-refractivity contribution is 1.05. The van der Waals surface area contributed by atoms with Crippen LogP contribution in [0.2, 0.25) is 0 Å². The minimum absolute atomic E-state index is 0.454. The van der Waals surface area contributed by atoms with Crippen LogP contribution in [0.25, 0.3) is 11.0 Å². The Morgan fingerprint density at radius 3 is 2.74 bits per heavy atom. The molecule has 0 fully saturated rings. The fraction of sp³-hybridized carbons (Fsp3) is 0.235. The van der Waals surface area contributed by atoms with Crippen LogP contribution in [0.5, 0.6) is 0 Å². The molecule has 6 heteroatoms. The molecule has 2 heterocycles. The summed E-state index contributed by atoms with van der Waals surface area (Å²) in [7, 11) is 4.09. The van der Waals surface area contributed by atoms with Crippen LogP contribution in [0.4, 0.5) is 17.3 Å². The Morgan fingerprint density at radius 2 is 1.96 bits per heavy atom. The fourth-order valence-corrected chi connectivity index (χ4v) is 2.52. The number of fused-ring (bicyclic) bond motifs is 1. The van der Waals surface area contributed by atoms with Crippen molar-refractivity contribution < 1.29 is 0 Å². The van der Waals surface area contributed by atoms with Crippen LogP contribution < -0.4 is 16.0 Å². The number of benzene rings is 1. The highest BCUT2D eigenvalue weighted by Crippen LogP contribution is 2.23. The number of nitrogens with zero attached hydrogens (tertiary/aromatic N) is 4. The lowest BCUT2D eigenvalue weighted by Gasteiger charge is -2.19. The first-order valence-corrected chi connectivity index (χ1v) is 7.42. The summed E-state index contributed by atoms with van der Waals surface area (Å²) in [6.45, 7) is 2.77. The smallest absolute Gasteiger partial charge is 0.166 e. The SMILES string of the molecule is Cc1ccc(CNc2ncnc3nc(N)ccc23)c(N(C)C)c1. The van der Waals surface area contributed by atoms with Gasteiger partial charge in [0.25, 0.3) is 0 Å². The maximum atomic E-state index is 5.71. The minimum Gasteiger partial charge on any atom is -0.384 e. The highest BCUT2D eigenvalue weighted by molar-refractivity contribution is 5.87. The normalized spacial score (nSPS) is 10.7. The van der Waals surface area contributed by atoms with Gasteiger partial charge in [-0.25, -0.2) is 15.0 Å². The van der Waals surface area contributed by atoms with Gasteiger partial charge in [0, 0.05) is 26.3 Å². The zero-order valence-electron chi connectivity index (χ0n) is 13.5. The number of aryl methyl sites for hydroxylation is 1. The van der Waals surface area contributed by atoms with E-state index in [1.165, 1.54) is 23.1 Å². The predicted octanol–water partition coefficient (Wildman–Crippen LogP) is 2.59. The first-order chi connectivity index (χ1) is 11.0. The largest absolute Gasteiger partial charge is 0.384 e. The molecule has 0 radical (unpaired) electrons. The average molecular weight is 308 g/mol. The van der Waals surface area contributed by atoms with Gasteiger partial charge in [0.15, 0.2) is 5.65 Å². The summed E-state index contributed by atoms with van der Waals surface area (Å²) >= 11 is 0. The maximum Gasteiger partial charge on any atom is 0.166 e. The molecule has 0 bridgehead atoms. The number of hydrogen-bond acceptors (Lipinski definition) is 6. The quantitative estimate of drug-likeness (QED) is 0.771. The van der Waals surface area contributed by atoms with Crippen LogP contribution in [-0.2, 0) is 6.54 Å². The third kappa shape index (κ3) is 3.15. The summed E-state index contributed by atoms with van der Waals surface area (Å²) in [5.74, 6) is 1.21. The van der Waals surface area contributed by atoms with Crippen molar-refractivity contribution in [2.45, 2.75) is 13.5 Å². The van der Waals surface area contributed by atoms with Crippen molar-refractivity contribution in [2.75, 3.05) is 30.0 Å². The molecular formula is C17H20N6. The summed E-state index contributed by atoms with van der Waals surface area (Å²) in [6.07, 6.45) is 1.50. The van der Waals surface area contributed by atoms with E-state index in [1.807, 2.05) is 20.2 Å². The number of nitrogens with two attached hydrogens (primary N) is 1. The zero-order chi connectivity index (χ0) is 16.4. The molecule has 2 aromatic heterocycles. The number of aromatic nitrogens is 3. The van der Waals surface area contributed by atoms with Gasteiger partial charge in [-0.2, -0.15) is 0 Å². The number of nitrogen functional groups attached to an aromatic ring is 1. The molecule has 3 aromatic rings. The highest BCUT2D eigenvalue weighted by Gasteiger charge is 2.08. The summed E-state index contributed by atoms with van der Waals surface area (Å²) in [4.78, 5) is 14.8. The summed E-state index contributed by atoms with van der Waals surface area (Å²) in [5, 5.41) is 4.24. The van der Waals surface area contributed by atoms with Crippen LogP contribution in [0.15, 0.2) is 36.7 Å². The molecule has 0 saturated carbocycles. The standard InChI is InChI=1S/C17H20N6/c1-11-4-5-12(14(8-11)23(2)3)9-19-16-13-6-7-15(18)22-17(13)21-10-20-16/h4-8,10H,9H2,1-3H3,(H3,18,19,20,21,22). The number of rotatable bonds is 4. The fourth-order valence-electron chi connectivity index (χ4n) is 2.52. The molecule has 0 unspecified atom stereocenters. The van der Waals surface area contributed by atoms with Gasteiger partial charge in [-0.15, -0.1) is 0 Å². The van der Waals surface area contributed by atoms with E-state index in [0.717, 1.165) is 11.2 Å². The lowest BCUT2D eigenvalue weighted by Crippen LogP contribution is -2.13. The summed E-state index contributed by atoms with van der Waals surface area (Å²) in [6, 6.07) is 10.1. The van der Waals surface area contributed by atoms with Gasteiger partial charge in [-0.1, -0.05) is 12.1 Å². The lowest BCUT2D eigenvalue weighted by atomic mass is 10.1. The Hall–Kier alpha value is -2.89. The molecule has 0 aliphatic carbocycles. The third-order valence-electron chi connectivity index (χ3n) is 3.69. The molecule has 1 aromatic carbocycles. The second-order valence-electron chi connectivity index (χ2n) is 5.71. The Bertz CT molecular complexity index is 844. The van der Waals surface area contributed by atoms with Crippen molar-refractivity contribution in [1.29, 1.82) is 0 Å². The third-order valence-corrected chi connectivity index (χ3v) is 3.69. The van der Waals surface area contributed by atoms with Gasteiger partial charge >= 0.3 is 0 Å². The molecule has 3 N–H and O–H groups in total. The van der Waals surface area contributed by atoms with Crippen molar-refractivity contribution in [3.8, 4) is 0 Å². The molecule has 6 nitrogen and oxygen atoms in total. The van der Waals surface area contributed by atoms with Crippen molar-refractivity contribution in [3.05, 3.63) is 47.8 Å². The monoisotopic (exact) mass is 308 g/mol. The van der Waals surface area contributed by atoms with Crippen LogP contribution in [-0.4, -0.2) is 29.0 Å². The van der Waals surface area contributed by atoms with Crippen LogP contribution in [0.1, 0.15) is 11.1 Å². The average Bonchev–Trinajstić information content (AvgIpc) is 2.53. The Morgan fingerprint density at radius 1 is 1.13 bits per heavy atom. The molecule has 0 saturated heterocycles. The number of pyridine rings is 1. The van der Waals surface area contributed by atoms with Crippen LogP contribution in [0.3, 0.4) is 0 Å². The van der Waals surface area contributed by atoms with Gasteiger partial charge in [-0.05, 0) is 36.2 Å². The second kappa shape index (κ2) is 6.08. The van der Waals surface area contributed by atoms with E-state index < -0.39 is 0 Å². The Balaban J connectivity index is 1.90. The van der Waals surface area contributed by atoms with Crippen LogP contribution >= 0.6 is 0 Å². The van der Waals surface area contributed by atoms with E-state index in [0.29, 0.717) is 18.0 Å². The molecular weight excluding hydrogens is 288 g/mol. The van der Waals surface area contributed by atoms with Crippen molar-refractivity contribution in [1.82, 2.24) is 15.0 Å². The molecule has 0 atom stereocenters. The predicted molar refractivity (Wildman–Crippen MR) is 94.6 cm³/mol. The van der Waals surface area contributed by atoms with E-state index in [9.17, 15) is 0 Å². The molecule has 3 rings (SSSR count). The van der Waals surface area contributed by atoms with Gasteiger partial charge in [-0.3, -0.25) is 0 Å². The van der Waals surface area contributed by atoms with Crippen LogP contribution in [0, 0.1) is 6.92 Å². The zero-order valence-corrected chi connectivity index (χ0v) is 13.5. The van der Waals surface area contributed by atoms with E-state index in [4.69, 9.17) is 5.73 Å². The van der Waals surface area contributed by atoms with Crippen molar-refractivity contribution >= 4 is 28.4 Å². The summed E-state index contributed by atoms with van der Waals surface area (Å²) in [5.41, 5.74) is 9.94. The highest BCUT2D eigenvalue weighted by atomic mass is 15.1. The molecule has 23 heavy (non-hydrogen) atoms. The van der Waals surface area contributed by atoms with Crippen molar-refractivity contribution in [2.24, 2.45) is 0 Å². The molecule has 0 spiro atoms. The Labute approximate surface area is 135 Å². The van der Waals surface area contributed by atoms with E-state index in [1.54, 1.807) is 6.07 Å². The number of hydrogen-bond donors (Lipinski definition) is 2. The van der Waals surface area contributed by atoms with E-state index in [2.05, 4.69) is 50.3 Å². The minimum atomic E-state index is 0.454. The summed E-state index contributed by atoms with van der Waals surface area (Å²) < 4.78 is 0. The molecule has 0 aliphatic heterocycles. The van der Waals surface area contributed by atoms with Crippen molar-refractivity contribution in [3.63, 3.8) is 0 Å². The first-order valence-electron chi connectivity index (χ1n) is 7.42. The number of anilines is 3. The molecule has 118 valence electrons. The van der Waals surface area contributed by atoms with Gasteiger partial charge in [0.1, 0.15) is 18.0 Å². The van der Waals surface area contributed by atoms with Gasteiger partial charge in [0.2, 0.25) is 0 Å². The van der Waals surface area contributed by atoms with E-state index >= 15 is 0 Å². The second-order valence-corrected chi connectivity index (χ2v) is 5.71. The topological polar surface area (TPSA) is 80.0 Å². The number of nitrogens with one attached hydrogen (secondary N) is 1. The Kier molecular flexibility index (Phi) is 3.97. The van der Waals surface area contributed by atoms with Gasteiger partial charge < -0.3 is 16.0 Å². The maximum absolute atomic E-state index is 5.71. The molecule has 0 amide bonds.